The van der Waals surface area contributed by atoms with E-state index < -0.39 is 0 Å². The Bertz CT molecular complexity index is 636. The molecule has 0 aromatic carbocycles. The van der Waals surface area contributed by atoms with Crippen LogP contribution in [0.4, 0.5) is 5.13 Å². The van der Waals surface area contributed by atoms with E-state index in [0.29, 0.717) is 11.7 Å². The molecule has 0 aliphatic carbocycles. The van der Waals surface area contributed by atoms with Gasteiger partial charge in [-0.05, 0) is 26.3 Å². The fraction of sp³-hybridized carbons (Fsp3) is 0.538. The molecule has 8 heteroatoms. The fourth-order valence-corrected chi connectivity index (χ4v) is 3.30. The molecule has 1 unspecified atom stereocenters. The van der Waals surface area contributed by atoms with Gasteiger partial charge >= 0.3 is 0 Å². The first-order valence-corrected chi connectivity index (χ1v) is 7.76. The van der Waals surface area contributed by atoms with Crippen molar-refractivity contribution in [2.75, 3.05) is 18.4 Å². The number of hydrogen-bond acceptors (Lipinski definition) is 6. The molecule has 2 aromatic heterocycles. The largest absolute Gasteiger partial charge is 0.299 e. The first kappa shape index (κ1) is 14.2. The standard InChI is InChI=1S/C13H18N6OS/c1-9-16-17-13(21-9)15-12(20)8-19-5-3-4-11(19)10-6-14-18(2)7-10/h6-7,11H,3-5,8H2,1-2H3,(H,15,17,20). The summed E-state index contributed by atoms with van der Waals surface area (Å²) >= 11 is 1.39. The van der Waals surface area contributed by atoms with E-state index in [1.807, 2.05) is 26.4 Å². The van der Waals surface area contributed by atoms with E-state index in [9.17, 15) is 4.79 Å². The number of carbonyl (C=O) groups excluding carboxylic acids is 1. The van der Waals surface area contributed by atoms with Gasteiger partial charge in [0.15, 0.2) is 0 Å². The number of hydrogen-bond donors (Lipinski definition) is 1. The summed E-state index contributed by atoms with van der Waals surface area (Å²) in [5.74, 6) is -0.0399. The van der Waals surface area contributed by atoms with Crippen molar-refractivity contribution in [2.45, 2.75) is 25.8 Å². The molecule has 21 heavy (non-hydrogen) atoms. The van der Waals surface area contributed by atoms with Crippen LogP contribution in [0.1, 0.15) is 29.5 Å². The van der Waals surface area contributed by atoms with Gasteiger partial charge in [-0.15, -0.1) is 10.2 Å². The van der Waals surface area contributed by atoms with Crippen molar-refractivity contribution < 1.29 is 4.79 Å². The van der Waals surface area contributed by atoms with Crippen LogP contribution in [0.2, 0.25) is 0 Å². The second-order valence-electron chi connectivity index (χ2n) is 5.25. The summed E-state index contributed by atoms with van der Waals surface area (Å²) in [5.41, 5.74) is 1.18. The Morgan fingerprint density at radius 2 is 2.38 bits per heavy atom. The van der Waals surface area contributed by atoms with E-state index in [2.05, 4.69) is 25.5 Å². The molecule has 1 fully saturated rings. The van der Waals surface area contributed by atoms with Crippen LogP contribution in [-0.4, -0.2) is 43.9 Å². The summed E-state index contributed by atoms with van der Waals surface area (Å²) in [4.78, 5) is 14.3. The van der Waals surface area contributed by atoms with Crippen LogP contribution in [0.5, 0.6) is 0 Å². The van der Waals surface area contributed by atoms with Crippen LogP contribution >= 0.6 is 11.3 Å². The number of aryl methyl sites for hydroxylation is 2. The van der Waals surface area contributed by atoms with Gasteiger partial charge < -0.3 is 0 Å². The number of nitrogens with zero attached hydrogens (tertiary/aromatic N) is 5. The quantitative estimate of drug-likeness (QED) is 0.923. The monoisotopic (exact) mass is 306 g/mol. The Morgan fingerprint density at radius 1 is 1.52 bits per heavy atom. The Morgan fingerprint density at radius 3 is 3.05 bits per heavy atom. The molecule has 0 bridgehead atoms. The van der Waals surface area contributed by atoms with Crippen molar-refractivity contribution in [3.8, 4) is 0 Å². The Kier molecular flexibility index (Phi) is 3.98. The molecule has 2 aromatic rings. The van der Waals surface area contributed by atoms with E-state index in [-0.39, 0.29) is 11.9 Å². The normalized spacial score (nSPS) is 19.0. The lowest BCUT2D eigenvalue weighted by atomic mass is 10.1. The number of carbonyl (C=O) groups is 1. The molecule has 3 rings (SSSR count). The third kappa shape index (κ3) is 3.27. The molecular formula is C13H18N6OS. The zero-order valence-electron chi connectivity index (χ0n) is 12.1. The van der Waals surface area contributed by atoms with Gasteiger partial charge in [0.1, 0.15) is 5.01 Å². The molecule has 1 aliphatic heterocycles. The van der Waals surface area contributed by atoms with Crippen molar-refractivity contribution in [3.05, 3.63) is 23.0 Å². The molecule has 0 spiro atoms. The lowest BCUT2D eigenvalue weighted by Crippen LogP contribution is -2.32. The first-order valence-electron chi connectivity index (χ1n) is 6.94. The topological polar surface area (TPSA) is 75.9 Å². The third-order valence-corrected chi connectivity index (χ3v) is 4.35. The maximum Gasteiger partial charge on any atom is 0.240 e. The molecule has 0 radical (unpaired) electrons. The molecule has 112 valence electrons. The minimum absolute atomic E-state index is 0.0399. The van der Waals surface area contributed by atoms with Gasteiger partial charge in [0.2, 0.25) is 11.0 Å². The highest BCUT2D eigenvalue weighted by atomic mass is 32.1. The second kappa shape index (κ2) is 5.90. The van der Waals surface area contributed by atoms with Crippen molar-refractivity contribution >= 4 is 22.4 Å². The van der Waals surface area contributed by atoms with Crippen LogP contribution in [0.25, 0.3) is 0 Å². The number of likely N-dealkylation sites (tertiary alicyclic amines) is 1. The number of aromatic nitrogens is 4. The second-order valence-corrected chi connectivity index (χ2v) is 6.43. The Hall–Kier alpha value is -1.80. The Labute approximate surface area is 127 Å². The minimum Gasteiger partial charge on any atom is -0.299 e. The number of anilines is 1. The molecule has 0 saturated carbocycles. The molecule has 1 saturated heterocycles. The van der Waals surface area contributed by atoms with Crippen LogP contribution < -0.4 is 5.32 Å². The van der Waals surface area contributed by atoms with Crippen LogP contribution in [0.3, 0.4) is 0 Å². The number of amides is 1. The highest BCUT2D eigenvalue weighted by molar-refractivity contribution is 7.15. The molecular weight excluding hydrogens is 288 g/mol. The van der Waals surface area contributed by atoms with E-state index >= 15 is 0 Å². The van der Waals surface area contributed by atoms with Crippen molar-refractivity contribution in [1.82, 2.24) is 24.9 Å². The smallest absolute Gasteiger partial charge is 0.240 e. The summed E-state index contributed by atoms with van der Waals surface area (Å²) in [7, 11) is 1.91. The van der Waals surface area contributed by atoms with E-state index in [1.54, 1.807) is 4.68 Å². The molecule has 1 atom stereocenters. The molecule has 1 aliphatic rings. The fourth-order valence-electron chi connectivity index (χ4n) is 2.70. The predicted octanol–water partition coefficient (Wildman–Crippen LogP) is 1.36. The molecule has 1 N–H and O–H groups in total. The van der Waals surface area contributed by atoms with E-state index in [4.69, 9.17) is 0 Å². The van der Waals surface area contributed by atoms with Crippen LogP contribution in [0, 0.1) is 6.92 Å². The average Bonchev–Trinajstić information content (AvgIpc) is 3.12. The van der Waals surface area contributed by atoms with Gasteiger partial charge in [0.25, 0.3) is 0 Å². The molecule has 7 nitrogen and oxygen atoms in total. The van der Waals surface area contributed by atoms with Gasteiger partial charge in [0.05, 0.1) is 12.7 Å². The first-order chi connectivity index (χ1) is 10.1. The summed E-state index contributed by atoms with van der Waals surface area (Å²) in [6.45, 7) is 3.17. The summed E-state index contributed by atoms with van der Waals surface area (Å²) in [6.07, 6.45) is 6.08. The number of rotatable bonds is 4. The summed E-state index contributed by atoms with van der Waals surface area (Å²) < 4.78 is 1.80. The summed E-state index contributed by atoms with van der Waals surface area (Å²) in [5, 5.41) is 16.3. The minimum atomic E-state index is -0.0399. The van der Waals surface area contributed by atoms with Crippen LogP contribution in [0.15, 0.2) is 12.4 Å². The van der Waals surface area contributed by atoms with Crippen molar-refractivity contribution in [3.63, 3.8) is 0 Å². The lowest BCUT2D eigenvalue weighted by molar-refractivity contribution is -0.117. The van der Waals surface area contributed by atoms with Crippen molar-refractivity contribution in [1.29, 1.82) is 0 Å². The average molecular weight is 306 g/mol. The van der Waals surface area contributed by atoms with Gasteiger partial charge in [-0.3, -0.25) is 19.7 Å². The van der Waals surface area contributed by atoms with Gasteiger partial charge in [-0.2, -0.15) is 5.10 Å². The van der Waals surface area contributed by atoms with Gasteiger partial charge in [0, 0.05) is 24.8 Å². The maximum absolute atomic E-state index is 12.1. The molecule has 3 heterocycles. The van der Waals surface area contributed by atoms with Crippen LogP contribution in [-0.2, 0) is 11.8 Å². The lowest BCUT2D eigenvalue weighted by Gasteiger charge is -2.22. The van der Waals surface area contributed by atoms with E-state index in [0.717, 1.165) is 24.4 Å². The summed E-state index contributed by atoms with van der Waals surface area (Å²) in [6, 6.07) is 0.278. The Balaban J connectivity index is 1.62. The third-order valence-electron chi connectivity index (χ3n) is 3.59. The van der Waals surface area contributed by atoms with Crippen molar-refractivity contribution in [2.24, 2.45) is 7.05 Å². The highest BCUT2D eigenvalue weighted by Gasteiger charge is 2.28. The van der Waals surface area contributed by atoms with E-state index in [1.165, 1.54) is 16.9 Å². The maximum atomic E-state index is 12.1. The zero-order valence-corrected chi connectivity index (χ0v) is 12.9. The van der Waals surface area contributed by atoms with Gasteiger partial charge in [-0.25, -0.2) is 0 Å². The zero-order chi connectivity index (χ0) is 14.8. The molecule has 1 amide bonds. The SMILES string of the molecule is Cc1nnc(NC(=O)CN2CCCC2c2cnn(C)c2)s1. The number of nitrogens with one attached hydrogen (secondary N) is 1. The van der Waals surface area contributed by atoms with Gasteiger partial charge in [-0.1, -0.05) is 11.3 Å². The predicted molar refractivity (Wildman–Crippen MR) is 80.0 cm³/mol. The highest BCUT2D eigenvalue weighted by Crippen LogP contribution is 2.31.